The Morgan fingerprint density at radius 1 is 1.28 bits per heavy atom. The molecule has 0 amide bonds. The van der Waals surface area contributed by atoms with Gasteiger partial charge in [0, 0.05) is 16.0 Å². The average molecular weight is 262 g/mol. The largest absolute Gasteiger partial charge is 0.489 e. The maximum absolute atomic E-state index is 6.24. The minimum absolute atomic E-state index is 0.132. The Morgan fingerprint density at radius 2 is 2.06 bits per heavy atom. The van der Waals surface area contributed by atoms with Crippen LogP contribution in [0.2, 0.25) is 0 Å². The Bertz CT molecular complexity index is 522. The number of aryl methyl sites for hydroxylation is 1. The Kier molecular flexibility index (Phi) is 3.99. The third-order valence-corrected chi connectivity index (χ3v) is 3.62. The van der Waals surface area contributed by atoms with Crippen LogP contribution in [0.4, 0.5) is 0 Å². The van der Waals surface area contributed by atoms with Gasteiger partial charge in [-0.15, -0.1) is 11.3 Å². The van der Waals surface area contributed by atoms with E-state index in [0.717, 1.165) is 16.2 Å². The number of pyridine rings is 1. The number of hydrogen-bond donors (Lipinski definition) is 1. The fraction of sp³-hybridized carbons (Fsp3) is 0.357. The van der Waals surface area contributed by atoms with Crippen LogP contribution in [0.15, 0.2) is 30.6 Å². The molecule has 0 aliphatic rings. The molecule has 1 atom stereocenters. The molecule has 2 rings (SSSR count). The molecule has 3 nitrogen and oxygen atoms in total. The van der Waals surface area contributed by atoms with Crippen molar-refractivity contribution in [1.82, 2.24) is 4.98 Å². The molecule has 0 bridgehead atoms. The second-order valence-corrected chi connectivity index (χ2v) is 5.87. The summed E-state index contributed by atoms with van der Waals surface area (Å²) in [5, 5.41) is 0. The van der Waals surface area contributed by atoms with Gasteiger partial charge >= 0.3 is 0 Å². The van der Waals surface area contributed by atoms with Gasteiger partial charge in [-0.3, -0.25) is 4.98 Å². The standard InChI is InChI=1S/C14H18N2OS/c1-9(2)17-12-6-11(7-16-8-12)14(15)13-5-4-10(3)18-13/h4-9,14H,15H2,1-3H3. The Labute approximate surface area is 112 Å². The van der Waals surface area contributed by atoms with Crippen molar-refractivity contribution in [3.05, 3.63) is 45.9 Å². The summed E-state index contributed by atoms with van der Waals surface area (Å²) in [7, 11) is 0. The predicted octanol–water partition coefficient (Wildman–Crippen LogP) is 3.29. The van der Waals surface area contributed by atoms with E-state index in [2.05, 4.69) is 24.0 Å². The average Bonchev–Trinajstić information content (AvgIpc) is 2.74. The first-order valence-corrected chi connectivity index (χ1v) is 6.81. The van der Waals surface area contributed by atoms with Crippen molar-refractivity contribution in [2.75, 3.05) is 0 Å². The summed E-state index contributed by atoms with van der Waals surface area (Å²) in [5.41, 5.74) is 7.23. The molecule has 18 heavy (non-hydrogen) atoms. The Hall–Kier alpha value is -1.39. The molecule has 0 aliphatic carbocycles. The molecule has 0 fully saturated rings. The summed E-state index contributed by atoms with van der Waals surface area (Å²) >= 11 is 1.72. The maximum Gasteiger partial charge on any atom is 0.138 e. The fourth-order valence-corrected chi connectivity index (χ4v) is 2.63. The van der Waals surface area contributed by atoms with Gasteiger partial charge in [-0.05, 0) is 44.5 Å². The van der Waals surface area contributed by atoms with Crippen LogP contribution < -0.4 is 10.5 Å². The van der Waals surface area contributed by atoms with E-state index in [4.69, 9.17) is 10.5 Å². The van der Waals surface area contributed by atoms with Crippen LogP contribution >= 0.6 is 11.3 Å². The molecule has 0 spiro atoms. The molecule has 0 saturated heterocycles. The molecular weight excluding hydrogens is 244 g/mol. The first-order chi connectivity index (χ1) is 8.56. The molecular formula is C14H18N2OS. The van der Waals surface area contributed by atoms with Crippen molar-refractivity contribution in [1.29, 1.82) is 0 Å². The summed E-state index contributed by atoms with van der Waals surface area (Å²) in [6.07, 6.45) is 3.66. The highest BCUT2D eigenvalue weighted by Crippen LogP contribution is 2.27. The van der Waals surface area contributed by atoms with E-state index in [1.807, 2.05) is 19.9 Å². The van der Waals surface area contributed by atoms with Gasteiger partial charge in [0.25, 0.3) is 0 Å². The number of rotatable bonds is 4. The first-order valence-electron chi connectivity index (χ1n) is 6.00. The number of aromatic nitrogens is 1. The molecule has 1 unspecified atom stereocenters. The molecule has 0 radical (unpaired) electrons. The number of hydrogen-bond acceptors (Lipinski definition) is 4. The van der Waals surface area contributed by atoms with Crippen molar-refractivity contribution in [3.8, 4) is 5.75 Å². The number of thiophene rings is 1. The van der Waals surface area contributed by atoms with E-state index in [0.29, 0.717) is 0 Å². The lowest BCUT2D eigenvalue weighted by molar-refractivity contribution is 0.241. The molecule has 0 aromatic carbocycles. The highest BCUT2D eigenvalue weighted by Gasteiger charge is 2.12. The van der Waals surface area contributed by atoms with E-state index >= 15 is 0 Å². The summed E-state index contributed by atoms with van der Waals surface area (Å²) in [4.78, 5) is 6.61. The van der Waals surface area contributed by atoms with Crippen molar-refractivity contribution in [3.63, 3.8) is 0 Å². The lowest BCUT2D eigenvalue weighted by Gasteiger charge is -2.13. The van der Waals surface area contributed by atoms with Gasteiger partial charge in [0.1, 0.15) is 5.75 Å². The van der Waals surface area contributed by atoms with Gasteiger partial charge in [-0.25, -0.2) is 0 Å². The van der Waals surface area contributed by atoms with Gasteiger partial charge < -0.3 is 10.5 Å². The number of nitrogens with zero attached hydrogens (tertiary/aromatic N) is 1. The lowest BCUT2D eigenvalue weighted by Crippen LogP contribution is -2.12. The highest BCUT2D eigenvalue weighted by molar-refractivity contribution is 7.12. The van der Waals surface area contributed by atoms with Crippen LogP contribution in [0.1, 0.15) is 35.2 Å². The second kappa shape index (κ2) is 5.50. The quantitative estimate of drug-likeness (QED) is 0.919. The molecule has 0 saturated carbocycles. The minimum Gasteiger partial charge on any atom is -0.489 e. The van der Waals surface area contributed by atoms with E-state index in [9.17, 15) is 0 Å². The first kappa shape index (κ1) is 13.1. The van der Waals surface area contributed by atoms with E-state index < -0.39 is 0 Å². The topological polar surface area (TPSA) is 48.1 Å². The van der Waals surface area contributed by atoms with Crippen molar-refractivity contribution in [2.24, 2.45) is 5.73 Å². The van der Waals surface area contributed by atoms with Gasteiger partial charge in [-0.1, -0.05) is 0 Å². The van der Waals surface area contributed by atoms with E-state index in [1.165, 1.54) is 4.88 Å². The smallest absolute Gasteiger partial charge is 0.138 e. The summed E-state index contributed by atoms with van der Waals surface area (Å²) in [5.74, 6) is 0.770. The Balaban J connectivity index is 2.22. The van der Waals surface area contributed by atoms with Crippen LogP contribution in [0.5, 0.6) is 5.75 Å². The van der Waals surface area contributed by atoms with Crippen molar-refractivity contribution < 1.29 is 4.74 Å². The van der Waals surface area contributed by atoms with Crippen LogP contribution in [0.3, 0.4) is 0 Å². The highest BCUT2D eigenvalue weighted by atomic mass is 32.1. The normalized spacial score (nSPS) is 12.7. The van der Waals surface area contributed by atoms with Gasteiger partial charge in [0.15, 0.2) is 0 Å². The van der Waals surface area contributed by atoms with Crippen molar-refractivity contribution >= 4 is 11.3 Å². The van der Waals surface area contributed by atoms with Crippen LogP contribution in [0, 0.1) is 6.92 Å². The molecule has 0 aliphatic heterocycles. The molecule has 2 aromatic rings. The SMILES string of the molecule is Cc1ccc(C(N)c2cncc(OC(C)C)c2)s1. The van der Waals surface area contributed by atoms with Gasteiger partial charge in [0.05, 0.1) is 18.3 Å². The summed E-state index contributed by atoms with van der Waals surface area (Å²) < 4.78 is 5.63. The Morgan fingerprint density at radius 3 is 2.67 bits per heavy atom. The minimum atomic E-state index is -0.132. The monoisotopic (exact) mass is 262 g/mol. The molecule has 2 heterocycles. The third kappa shape index (κ3) is 3.09. The third-order valence-electron chi connectivity index (χ3n) is 2.53. The van der Waals surface area contributed by atoms with Crippen molar-refractivity contribution in [2.45, 2.75) is 32.9 Å². The lowest BCUT2D eigenvalue weighted by atomic mass is 10.1. The molecule has 2 N–H and O–H groups in total. The zero-order valence-corrected chi connectivity index (χ0v) is 11.7. The zero-order valence-electron chi connectivity index (χ0n) is 10.9. The number of nitrogens with two attached hydrogens (primary N) is 1. The van der Waals surface area contributed by atoms with E-state index in [-0.39, 0.29) is 12.1 Å². The van der Waals surface area contributed by atoms with Crippen LogP contribution in [0.25, 0.3) is 0 Å². The van der Waals surface area contributed by atoms with Crippen LogP contribution in [-0.4, -0.2) is 11.1 Å². The maximum atomic E-state index is 6.24. The summed E-state index contributed by atoms with van der Waals surface area (Å²) in [6.45, 7) is 6.07. The number of ether oxygens (including phenoxy) is 1. The molecule has 4 heteroatoms. The van der Waals surface area contributed by atoms with Crippen LogP contribution in [-0.2, 0) is 0 Å². The second-order valence-electron chi connectivity index (χ2n) is 4.55. The summed E-state index contributed by atoms with van der Waals surface area (Å²) in [6, 6.07) is 5.99. The molecule has 96 valence electrons. The van der Waals surface area contributed by atoms with Gasteiger partial charge in [0.2, 0.25) is 0 Å². The molecule has 2 aromatic heterocycles. The van der Waals surface area contributed by atoms with Gasteiger partial charge in [-0.2, -0.15) is 0 Å². The fourth-order valence-electron chi connectivity index (χ4n) is 1.73. The zero-order chi connectivity index (χ0) is 13.1. The van der Waals surface area contributed by atoms with E-state index in [1.54, 1.807) is 23.7 Å². The predicted molar refractivity (Wildman–Crippen MR) is 75.1 cm³/mol.